The van der Waals surface area contributed by atoms with E-state index in [0.29, 0.717) is 25.9 Å². The van der Waals surface area contributed by atoms with E-state index in [1.54, 1.807) is 6.20 Å². The number of alkyl carbamates (subject to hydrolysis) is 1. The predicted octanol–water partition coefficient (Wildman–Crippen LogP) is 2.27. The molecular formula is C18H29N3O6S. The molecule has 1 aromatic heterocycles. The van der Waals surface area contributed by atoms with E-state index in [4.69, 9.17) is 4.74 Å². The van der Waals surface area contributed by atoms with Crippen molar-refractivity contribution in [1.82, 2.24) is 15.2 Å². The number of carbonyl (C=O) groups is 3. The van der Waals surface area contributed by atoms with Crippen LogP contribution in [0, 0.1) is 0 Å². The summed E-state index contributed by atoms with van der Waals surface area (Å²) >= 11 is 1.50. The number of aliphatic carboxylic acids is 1. The number of aromatic nitrogens is 1. The van der Waals surface area contributed by atoms with Crippen LogP contribution in [0.1, 0.15) is 45.0 Å². The molecule has 0 bridgehead atoms. The quantitative estimate of drug-likeness (QED) is 0.417. The first-order valence-corrected chi connectivity index (χ1v) is 9.88. The van der Waals surface area contributed by atoms with Gasteiger partial charge in [0.05, 0.1) is 20.2 Å². The van der Waals surface area contributed by atoms with Gasteiger partial charge in [-0.3, -0.25) is 9.69 Å². The standard InChI is InChI=1S/C18H29N3O6S/c1-18(2,3)27-15(22)12-21(11-14-19-8-10-28-14)9-6-5-7-13(16(23)24)20-17(25)26-4/h8,10,13H,5-7,9,11-12H2,1-4H3,(H,20,25)(H,23,24). The van der Waals surface area contributed by atoms with E-state index in [1.165, 1.54) is 18.4 Å². The molecule has 1 atom stereocenters. The number of carbonyl (C=O) groups excluding carboxylic acids is 2. The van der Waals surface area contributed by atoms with Gasteiger partial charge in [-0.25, -0.2) is 14.6 Å². The maximum absolute atomic E-state index is 12.2. The molecule has 0 aliphatic heterocycles. The third kappa shape index (κ3) is 10.2. The third-order valence-electron chi connectivity index (χ3n) is 3.61. The molecule has 0 saturated heterocycles. The molecular weight excluding hydrogens is 386 g/mol. The number of hydrogen-bond donors (Lipinski definition) is 2. The van der Waals surface area contributed by atoms with Crippen LogP contribution in [0.5, 0.6) is 0 Å². The molecule has 0 aromatic carbocycles. The largest absolute Gasteiger partial charge is 0.480 e. The summed E-state index contributed by atoms with van der Waals surface area (Å²) in [6.07, 6.45) is 2.41. The van der Waals surface area contributed by atoms with E-state index in [1.807, 2.05) is 31.1 Å². The van der Waals surface area contributed by atoms with Crippen molar-refractivity contribution in [3.63, 3.8) is 0 Å². The molecule has 0 spiro atoms. The number of methoxy groups -OCH3 is 1. The fourth-order valence-corrected chi connectivity index (χ4v) is 3.09. The number of hydrogen-bond acceptors (Lipinski definition) is 8. The summed E-state index contributed by atoms with van der Waals surface area (Å²) in [6, 6.07) is -1.01. The lowest BCUT2D eigenvalue weighted by Crippen LogP contribution is -2.40. The Hall–Kier alpha value is -2.20. The van der Waals surface area contributed by atoms with Gasteiger partial charge in [-0.15, -0.1) is 11.3 Å². The van der Waals surface area contributed by atoms with Gasteiger partial charge in [0.1, 0.15) is 16.7 Å². The summed E-state index contributed by atoms with van der Waals surface area (Å²) < 4.78 is 9.82. The minimum Gasteiger partial charge on any atom is -0.480 e. The zero-order valence-electron chi connectivity index (χ0n) is 16.8. The number of nitrogens with zero attached hydrogens (tertiary/aromatic N) is 2. The normalized spacial score (nSPS) is 12.5. The zero-order valence-corrected chi connectivity index (χ0v) is 17.6. The molecule has 0 radical (unpaired) electrons. The molecule has 0 aliphatic carbocycles. The van der Waals surface area contributed by atoms with Gasteiger partial charge in [-0.05, 0) is 46.6 Å². The van der Waals surface area contributed by atoms with Crippen molar-refractivity contribution >= 4 is 29.4 Å². The van der Waals surface area contributed by atoms with Crippen LogP contribution >= 0.6 is 11.3 Å². The van der Waals surface area contributed by atoms with Gasteiger partial charge in [0.25, 0.3) is 0 Å². The van der Waals surface area contributed by atoms with Crippen molar-refractivity contribution in [3.8, 4) is 0 Å². The number of esters is 1. The third-order valence-corrected chi connectivity index (χ3v) is 4.37. The number of rotatable bonds is 11. The number of ether oxygens (including phenoxy) is 2. The van der Waals surface area contributed by atoms with Crippen LogP contribution in [0.4, 0.5) is 4.79 Å². The maximum atomic E-state index is 12.2. The fraction of sp³-hybridized carbons (Fsp3) is 0.667. The summed E-state index contributed by atoms with van der Waals surface area (Å²) in [5.41, 5.74) is -0.557. The van der Waals surface area contributed by atoms with Crippen molar-refractivity contribution in [2.24, 2.45) is 0 Å². The highest BCUT2D eigenvalue weighted by Crippen LogP contribution is 2.12. The second kappa shape index (κ2) is 11.6. The Morgan fingerprint density at radius 3 is 2.57 bits per heavy atom. The highest BCUT2D eigenvalue weighted by molar-refractivity contribution is 7.09. The monoisotopic (exact) mass is 415 g/mol. The summed E-state index contributed by atoms with van der Waals surface area (Å²) in [6.45, 7) is 6.66. The molecule has 1 aromatic rings. The van der Waals surface area contributed by atoms with Gasteiger partial charge in [-0.2, -0.15) is 0 Å². The highest BCUT2D eigenvalue weighted by Gasteiger charge is 2.21. The Kier molecular flexibility index (Phi) is 9.88. The molecule has 158 valence electrons. The first kappa shape index (κ1) is 23.8. The molecule has 1 rings (SSSR count). The molecule has 28 heavy (non-hydrogen) atoms. The average molecular weight is 416 g/mol. The lowest BCUT2D eigenvalue weighted by atomic mass is 10.1. The maximum Gasteiger partial charge on any atom is 0.407 e. The number of thiazole rings is 1. The van der Waals surface area contributed by atoms with Crippen LogP contribution < -0.4 is 5.32 Å². The highest BCUT2D eigenvalue weighted by atomic mass is 32.1. The van der Waals surface area contributed by atoms with Gasteiger partial charge in [0.15, 0.2) is 0 Å². The van der Waals surface area contributed by atoms with Crippen molar-refractivity contribution in [2.75, 3.05) is 20.2 Å². The molecule has 9 nitrogen and oxygen atoms in total. The van der Waals surface area contributed by atoms with Crippen molar-refractivity contribution in [3.05, 3.63) is 16.6 Å². The van der Waals surface area contributed by atoms with Crippen LogP contribution in [0.3, 0.4) is 0 Å². The van der Waals surface area contributed by atoms with Gasteiger partial charge in [0, 0.05) is 11.6 Å². The van der Waals surface area contributed by atoms with Gasteiger partial charge < -0.3 is 19.9 Å². The number of unbranched alkanes of at least 4 members (excludes halogenated alkanes) is 1. The predicted molar refractivity (Wildman–Crippen MR) is 104 cm³/mol. The summed E-state index contributed by atoms with van der Waals surface area (Å²) in [4.78, 5) is 40.8. The van der Waals surface area contributed by atoms with Crippen molar-refractivity contribution < 1.29 is 29.0 Å². The Balaban J connectivity index is 2.54. The lowest BCUT2D eigenvalue weighted by Gasteiger charge is -2.24. The van der Waals surface area contributed by atoms with E-state index in [0.717, 1.165) is 5.01 Å². The zero-order chi connectivity index (χ0) is 21.2. The van der Waals surface area contributed by atoms with Crippen LogP contribution in [-0.4, -0.2) is 64.9 Å². The lowest BCUT2D eigenvalue weighted by molar-refractivity contribution is -0.156. The number of carboxylic acid groups (broad SMARTS) is 1. The van der Waals surface area contributed by atoms with Crippen molar-refractivity contribution in [2.45, 2.75) is 58.2 Å². The number of amides is 1. The Morgan fingerprint density at radius 2 is 2.04 bits per heavy atom. The van der Waals surface area contributed by atoms with E-state index >= 15 is 0 Å². The molecule has 0 fully saturated rings. The number of carboxylic acids is 1. The van der Waals surface area contributed by atoms with E-state index in [-0.39, 0.29) is 18.9 Å². The van der Waals surface area contributed by atoms with E-state index < -0.39 is 23.7 Å². The van der Waals surface area contributed by atoms with Gasteiger partial charge in [0.2, 0.25) is 0 Å². The van der Waals surface area contributed by atoms with Crippen LogP contribution in [0.15, 0.2) is 11.6 Å². The van der Waals surface area contributed by atoms with Gasteiger partial charge in [-0.1, -0.05) is 0 Å². The molecule has 0 saturated carbocycles. The SMILES string of the molecule is COC(=O)NC(CCCCN(CC(=O)OC(C)(C)C)Cc1nccs1)C(=O)O. The van der Waals surface area contributed by atoms with Crippen LogP contribution in [0.25, 0.3) is 0 Å². The summed E-state index contributed by atoms with van der Waals surface area (Å²) in [5.74, 6) is -1.43. The Bertz CT molecular complexity index is 630. The minimum absolute atomic E-state index is 0.125. The van der Waals surface area contributed by atoms with E-state index in [2.05, 4.69) is 15.0 Å². The summed E-state index contributed by atoms with van der Waals surface area (Å²) in [5, 5.41) is 14.2. The molecule has 0 aliphatic rings. The van der Waals surface area contributed by atoms with Gasteiger partial charge >= 0.3 is 18.0 Å². The Labute approximate surface area is 169 Å². The second-order valence-corrected chi connectivity index (χ2v) is 8.22. The first-order chi connectivity index (χ1) is 13.1. The first-order valence-electron chi connectivity index (χ1n) is 9.00. The topological polar surface area (TPSA) is 118 Å². The summed E-state index contributed by atoms with van der Waals surface area (Å²) in [7, 11) is 1.18. The second-order valence-electron chi connectivity index (χ2n) is 7.25. The van der Waals surface area contributed by atoms with Crippen molar-refractivity contribution in [1.29, 1.82) is 0 Å². The number of nitrogens with one attached hydrogen (secondary N) is 1. The minimum atomic E-state index is -1.11. The molecule has 10 heteroatoms. The average Bonchev–Trinajstić information content (AvgIpc) is 3.08. The van der Waals surface area contributed by atoms with Crippen LogP contribution in [0.2, 0.25) is 0 Å². The fourth-order valence-electron chi connectivity index (χ4n) is 2.44. The molecule has 2 N–H and O–H groups in total. The van der Waals surface area contributed by atoms with E-state index in [9.17, 15) is 19.5 Å². The Morgan fingerprint density at radius 1 is 1.32 bits per heavy atom. The molecule has 1 amide bonds. The molecule has 1 unspecified atom stereocenters. The van der Waals surface area contributed by atoms with Crippen LogP contribution in [-0.2, 0) is 25.6 Å². The smallest absolute Gasteiger partial charge is 0.407 e. The molecule has 1 heterocycles.